The van der Waals surface area contributed by atoms with Crippen molar-refractivity contribution in [2.24, 2.45) is 0 Å². The Morgan fingerprint density at radius 1 is 0.897 bits per heavy atom. The maximum Gasteiger partial charge on any atom is 0.435 e. The largest absolute Gasteiger partial charge is 0.435 e. The number of hydrogen-bond acceptors (Lipinski definition) is 3. The van der Waals surface area contributed by atoms with Crippen LogP contribution in [-0.4, -0.2) is 14.6 Å². The van der Waals surface area contributed by atoms with Crippen molar-refractivity contribution in [3.8, 4) is 11.1 Å². The lowest BCUT2D eigenvalue weighted by molar-refractivity contribution is -0.140. The molecule has 0 unspecified atom stereocenters. The van der Waals surface area contributed by atoms with Crippen LogP contribution in [0.15, 0.2) is 54.6 Å². The summed E-state index contributed by atoms with van der Waals surface area (Å²) in [7, 11) is 0. The fourth-order valence-electron chi connectivity index (χ4n) is 2.99. The van der Waals surface area contributed by atoms with E-state index in [1.807, 2.05) is 0 Å². The average molecular weight is 404 g/mol. The van der Waals surface area contributed by atoms with Gasteiger partial charge >= 0.3 is 6.18 Å². The van der Waals surface area contributed by atoms with Crippen LogP contribution >= 0.6 is 0 Å². The number of nitrogens with zero attached hydrogens (tertiary/aromatic N) is 3. The smallest absolute Gasteiger partial charge is 0.340 e. The number of benzene rings is 2. The number of fused-ring (bicyclic) bond motifs is 1. The van der Waals surface area contributed by atoms with Gasteiger partial charge in [0.2, 0.25) is 0 Å². The molecule has 0 aliphatic carbocycles. The Morgan fingerprint density at radius 2 is 1.48 bits per heavy atom. The molecule has 0 fully saturated rings. The van der Waals surface area contributed by atoms with Crippen molar-refractivity contribution in [3.63, 3.8) is 0 Å². The van der Waals surface area contributed by atoms with E-state index in [2.05, 4.69) is 15.4 Å². The Morgan fingerprint density at radius 3 is 2.07 bits per heavy atom. The summed E-state index contributed by atoms with van der Waals surface area (Å²) in [5.74, 6) is -0.789. The highest BCUT2D eigenvalue weighted by atomic mass is 19.4. The number of rotatable bonds is 3. The summed E-state index contributed by atoms with van der Waals surface area (Å²) >= 11 is 0. The summed E-state index contributed by atoms with van der Waals surface area (Å²) < 4.78 is 68.6. The van der Waals surface area contributed by atoms with Crippen LogP contribution in [0.5, 0.6) is 0 Å². The molecular weight excluding hydrogens is 391 g/mol. The topological polar surface area (TPSA) is 42.2 Å². The van der Waals surface area contributed by atoms with Gasteiger partial charge in [-0.25, -0.2) is 13.8 Å². The number of aromatic nitrogens is 3. The summed E-state index contributed by atoms with van der Waals surface area (Å²) in [6.07, 6.45) is -4.75. The quantitative estimate of drug-likeness (QED) is 0.443. The number of anilines is 2. The first kappa shape index (κ1) is 18.9. The number of aryl methyl sites for hydroxylation is 1. The molecule has 4 aromatic rings. The Hall–Kier alpha value is -3.49. The van der Waals surface area contributed by atoms with E-state index >= 15 is 0 Å². The first-order valence-corrected chi connectivity index (χ1v) is 8.48. The zero-order valence-corrected chi connectivity index (χ0v) is 14.9. The van der Waals surface area contributed by atoms with Crippen molar-refractivity contribution >= 4 is 17.2 Å². The van der Waals surface area contributed by atoms with Gasteiger partial charge in [0.25, 0.3) is 0 Å². The van der Waals surface area contributed by atoms with E-state index in [-0.39, 0.29) is 22.6 Å². The van der Waals surface area contributed by atoms with Crippen LogP contribution in [0.2, 0.25) is 0 Å². The van der Waals surface area contributed by atoms with Gasteiger partial charge in [-0.3, -0.25) is 0 Å². The molecule has 2 aromatic carbocycles. The molecule has 0 spiro atoms. The van der Waals surface area contributed by atoms with E-state index in [9.17, 15) is 22.0 Å². The Bertz CT molecular complexity index is 1180. The highest BCUT2D eigenvalue weighted by Gasteiger charge is 2.39. The van der Waals surface area contributed by atoms with E-state index in [1.54, 1.807) is 6.92 Å². The Balaban J connectivity index is 1.95. The third-order valence-electron chi connectivity index (χ3n) is 4.24. The van der Waals surface area contributed by atoms with Crippen molar-refractivity contribution in [3.05, 3.63) is 77.6 Å². The molecule has 0 saturated heterocycles. The molecule has 0 amide bonds. The van der Waals surface area contributed by atoms with Crippen LogP contribution in [0.4, 0.5) is 33.5 Å². The first-order valence-electron chi connectivity index (χ1n) is 8.48. The van der Waals surface area contributed by atoms with Gasteiger partial charge < -0.3 is 5.32 Å². The average Bonchev–Trinajstić information content (AvgIpc) is 3.04. The van der Waals surface area contributed by atoms with E-state index in [4.69, 9.17) is 0 Å². The molecule has 2 aromatic heterocycles. The predicted octanol–water partition coefficient (Wildman–Crippen LogP) is 5.75. The number of alkyl halides is 3. The minimum absolute atomic E-state index is 0.0338. The Labute approximate surface area is 161 Å². The lowest BCUT2D eigenvalue weighted by atomic mass is 10.1. The van der Waals surface area contributed by atoms with Gasteiger partial charge in [-0.1, -0.05) is 12.1 Å². The van der Waals surface area contributed by atoms with Gasteiger partial charge in [0.1, 0.15) is 17.5 Å². The number of nitrogens with one attached hydrogen (secondary N) is 1. The van der Waals surface area contributed by atoms with Gasteiger partial charge in [0, 0.05) is 17.4 Å². The molecule has 1 N–H and O–H groups in total. The van der Waals surface area contributed by atoms with Gasteiger partial charge in [-0.05, 0) is 48.9 Å². The zero-order chi connectivity index (χ0) is 20.8. The molecule has 4 nitrogen and oxygen atoms in total. The van der Waals surface area contributed by atoms with Crippen LogP contribution in [0.25, 0.3) is 16.8 Å². The fourth-order valence-corrected chi connectivity index (χ4v) is 2.99. The van der Waals surface area contributed by atoms with Gasteiger partial charge in [0.05, 0.1) is 5.56 Å². The second-order valence-electron chi connectivity index (χ2n) is 6.38. The summed E-state index contributed by atoms with van der Waals surface area (Å²) in [5.41, 5.74) is -0.370. The molecular formula is C20H13F5N4. The standard InChI is InChI=1S/C20H13F5N4/c1-11-10-16(27-15-8-6-14(22)7-9-15)29-19(26-11)17(18(28-29)20(23,24)25)12-2-4-13(21)5-3-12/h2-10,27H,1H3. The van der Waals surface area contributed by atoms with Crippen LogP contribution in [0, 0.1) is 18.6 Å². The minimum Gasteiger partial charge on any atom is -0.340 e. The van der Waals surface area contributed by atoms with Gasteiger partial charge in [0.15, 0.2) is 11.3 Å². The number of halogens is 5. The van der Waals surface area contributed by atoms with Crippen LogP contribution in [-0.2, 0) is 6.18 Å². The van der Waals surface area contributed by atoms with Gasteiger partial charge in [-0.2, -0.15) is 22.8 Å². The molecule has 2 heterocycles. The van der Waals surface area contributed by atoms with Crippen molar-refractivity contribution < 1.29 is 22.0 Å². The predicted molar refractivity (Wildman–Crippen MR) is 97.8 cm³/mol. The summed E-state index contributed by atoms with van der Waals surface area (Å²) in [6, 6.07) is 11.5. The van der Waals surface area contributed by atoms with Crippen molar-refractivity contribution in [1.29, 1.82) is 0 Å². The van der Waals surface area contributed by atoms with E-state index < -0.39 is 23.5 Å². The van der Waals surface area contributed by atoms with Crippen molar-refractivity contribution in [2.75, 3.05) is 5.32 Å². The third kappa shape index (κ3) is 3.63. The molecule has 4 rings (SSSR count). The molecule has 148 valence electrons. The van der Waals surface area contributed by atoms with E-state index in [1.165, 1.54) is 42.5 Å². The highest BCUT2D eigenvalue weighted by Crippen LogP contribution is 2.39. The van der Waals surface area contributed by atoms with Crippen LogP contribution in [0.3, 0.4) is 0 Å². The van der Waals surface area contributed by atoms with Crippen molar-refractivity contribution in [1.82, 2.24) is 14.6 Å². The fraction of sp³-hybridized carbons (Fsp3) is 0.100. The SMILES string of the molecule is Cc1cc(Nc2ccc(F)cc2)n2nc(C(F)(F)F)c(-c3ccc(F)cc3)c2n1. The highest BCUT2D eigenvalue weighted by molar-refractivity contribution is 5.82. The second kappa shape index (κ2) is 6.84. The van der Waals surface area contributed by atoms with E-state index in [0.717, 1.165) is 16.6 Å². The first-order chi connectivity index (χ1) is 13.7. The molecule has 0 bridgehead atoms. The van der Waals surface area contributed by atoms with Gasteiger partial charge in [-0.15, -0.1) is 0 Å². The monoisotopic (exact) mass is 404 g/mol. The van der Waals surface area contributed by atoms with Crippen molar-refractivity contribution in [2.45, 2.75) is 13.1 Å². The lowest BCUT2D eigenvalue weighted by Crippen LogP contribution is -2.08. The minimum atomic E-state index is -4.75. The summed E-state index contributed by atoms with van der Waals surface area (Å²) in [5, 5.41) is 6.67. The molecule has 0 aliphatic heterocycles. The molecule has 0 saturated carbocycles. The summed E-state index contributed by atoms with van der Waals surface area (Å²) in [4.78, 5) is 4.23. The molecule has 0 aliphatic rings. The maximum absolute atomic E-state index is 13.7. The number of hydrogen-bond donors (Lipinski definition) is 1. The Kier molecular flexibility index (Phi) is 4.45. The molecule has 0 atom stereocenters. The maximum atomic E-state index is 13.7. The molecule has 0 radical (unpaired) electrons. The normalized spacial score (nSPS) is 11.8. The van der Waals surface area contributed by atoms with E-state index in [0.29, 0.717) is 11.4 Å². The third-order valence-corrected chi connectivity index (χ3v) is 4.24. The molecule has 29 heavy (non-hydrogen) atoms. The van der Waals surface area contributed by atoms with Crippen LogP contribution < -0.4 is 5.32 Å². The summed E-state index contributed by atoms with van der Waals surface area (Å²) in [6.45, 7) is 1.63. The second-order valence-corrected chi connectivity index (χ2v) is 6.38. The van der Waals surface area contributed by atoms with Crippen LogP contribution in [0.1, 0.15) is 11.4 Å². The molecule has 9 heteroatoms. The lowest BCUT2D eigenvalue weighted by Gasteiger charge is -2.10. The zero-order valence-electron chi connectivity index (χ0n) is 14.9.